The molecule has 1 unspecified atom stereocenters. The molecule has 102 valence electrons. The normalized spacial score (nSPS) is 16.1. The first-order chi connectivity index (χ1) is 9.02. The topological polar surface area (TPSA) is 83.6 Å². The third-order valence-electron chi connectivity index (χ3n) is 3.43. The Kier molecular flexibility index (Phi) is 3.85. The standard InChI is InChI=1S/C14H18N2O3/c1-9(6-14(18)19)16-12-4-2-10(8-15)7-11(12)3-5-13(16)17/h2,4,7,9H,3,5-6,8,15H2,1H3,(H,18,19). The van der Waals surface area contributed by atoms with Crippen molar-refractivity contribution in [3.05, 3.63) is 29.3 Å². The minimum absolute atomic E-state index is 0.0123. The molecule has 1 aromatic rings. The summed E-state index contributed by atoms with van der Waals surface area (Å²) in [7, 11) is 0. The lowest BCUT2D eigenvalue weighted by Crippen LogP contribution is -2.42. The second-order valence-electron chi connectivity index (χ2n) is 4.88. The van der Waals surface area contributed by atoms with Crippen LogP contribution in [0.15, 0.2) is 18.2 Å². The Bertz CT molecular complexity index is 513. The summed E-state index contributed by atoms with van der Waals surface area (Å²) in [4.78, 5) is 24.5. The second-order valence-corrected chi connectivity index (χ2v) is 4.88. The molecule has 0 spiro atoms. The molecule has 1 amide bonds. The molecule has 5 heteroatoms. The molecule has 19 heavy (non-hydrogen) atoms. The Hall–Kier alpha value is -1.88. The van der Waals surface area contributed by atoms with E-state index in [1.807, 2.05) is 18.2 Å². The van der Waals surface area contributed by atoms with Crippen LogP contribution >= 0.6 is 0 Å². The lowest BCUT2D eigenvalue weighted by atomic mass is 9.97. The van der Waals surface area contributed by atoms with E-state index in [1.165, 1.54) is 0 Å². The minimum Gasteiger partial charge on any atom is -0.481 e. The Morgan fingerprint density at radius 2 is 2.21 bits per heavy atom. The maximum Gasteiger partial charge on any atom is 0.305 e. The minimum atomic E-state index is -0.897. The third-order valence-corrected chi connectivity index (χ3v) is 3.43. The van der Waals surface area contributed by atoms with Crippen LogP contribution in [0, 0.1) is 0 Å². The zero-order valence-corrected chi connectivity index (χ0v) is 10.9. The lowest BCUT2D eigenvalue weighted by molar-refractivity contribution is -0.137. The number of benzene rings is 1. The van der Waals surface area contributed by atoms with Gasteiger partial charge in [-0.05, 0) is 30.5 Å². The maximum absolute atomic E-state index is 12.0. The fourth-order valence-corrected chi connectivity index (χ4v) is 2.52. The number of hydrogen-bond acceptors (Lipinski definition) is 3. The molecule has 1 heterocycles. The van der Waals surface area contributed by atoms with Gasteiger partial charge in [-0.2, -0.15) is 0 Å². The van der Waals surface area contributed by atoms with Crippen LogP contribution in [0.25, 0.3) is 0 Å². The van der Waals surface area contributed by atoms with Gasteiger partial charge < -0.3 is 15.7 Å². The van der Waals surface area contributed by atoms with Crippen molar-refractivity contribution in [1.29, 1.82) is 0 Å². The van der Waals surface area contributed by atoms with Gasteiger partial charge in [-0.3, -0.25) is 9.59 Å². The van der Waals surface area contributed by atoms with Crippen LogP contribution in [-0.4, -0.2) is 23.0 Å². The smallest absolute Gasteiger partial charge is 0.305 e. The molecule has 0 aromatic heterocycles. The van der Waals surface area contributed by atoms with Crippen molar-refractivity contribution in [3.63, 3.8) is 0 Å². The number of hydrogen-bond donors (Lipinski definition) is 2. The largest absolute Gasteiger partial charge is 0.481 e. The van der Waals surface area contributed by atoms with Crippen LogP contribution in [0.2, 0.25) is 0 Å². The molecule has 1 atom stereocenters. The molecule has 1 aliphatic heterocycles. The van der Waals surface area contributed by atoms with E-state index in [9.17, 15) is 9.59 Å². The van der Waals surface area contributed by atoms with Crippen molar-refractivity contribution in [2.24, 2.45) is 5.73 Å². The van der Waals surface area contributed by atoms with Crippen molar-refractivity contribution in [2.75, 3.05) is 4.90 Å². The maximum atomic E-state index is 12.0. The van der Waals surface area contributed by atoms with Crippen molar-refractivity contribution in [3.8, 4) is 0 Å². The van der Waals surface area contributed by atoms with Gasteiger partial charge in [0, 0.05) is 24.7 Å². The van der Waals surface area contributed by atoms with E-state index in [-0.39, 0.29) is 18.4 Å². The number of nitrogens with two attached hydrogens (primary N) is 1. The first-order valence-corrected chi connectivity index (χ1v) is 6.38. The van der Waals surface area contributed by atoms with Crippen molar-refractivity contribution in [2.45, 2.75) is 38.8 Å². The summed E-state index contributed by atoms with van der Waals surface area (Å²) in [6.45, 7) is 2.23. The van der Waals surface area contributed by atoms with Crippen molar-refractivity contribution < 1.29 is 14.7 Å². The average Bonchev–Trinajstić information content (AvgIpc) is 2.37. The number of fused-ring (bicyclic) bond motifs is 1. The molecule has 0 fully saturated rings. The fourth-order valence-electron chi connectivity index (χ4n) is 2.52. The number of amides is 1. The molecular weight excluding hydrogens is 244 g/mol. The summed E-state index contributed by atoms with van der Waals surface area (Å²) in [6, 6.07) is 5.42. The van der Waals surface area contributed by atoms with Gasteiger partial charge in [0.2, 0.25) is 5.91 Å². The molecule has 1 aromatic carbocycles. The van der Waals surface area contributed by atoms with E-state index in [1.54, 1.807) is 11.8 Å². The van der Waals surface area contributed by atoms with Crippen LogP contribution < -0.4 is 10.6 Å². The van der Waals surface area contributed by atoms with E-state index >= 15 is 0 Å². The molecule has 0 bridgehead atoms. The number of carboxylic acids is 1. The van der Waals surface area contributed by atoms with E-state index in [0.29, 0.717) is 19.4 Å². The van der Waals surface area contributed by atoms with Crippen LogP contribution in [0.5, 0.6) is 0 Å². The molecule has 0 radical (unpaired) electrons. The van der Waals surface area contributed by atoms with Crippen LogP contribution in [0.4, 0.5) is 5.69 Å². The lowest BCUT2D eigenvalue weighted by Gasteiger charge is -2.34. The van der Waals surface area contributed by atoms with Gasteiger partial charge in [0.05, 0.1) is 6.42 Å². The first kappa shape index (κ1) is 13.5. The van der Waals surface area contributed by atoms with Crippen LogP contribution in [-0.2, 0) is 22.6 Å². The molecule has 3 N–H and O–H groups in total. The highest BCUT2D eigenvalue weighted by atomic mass is 16.4. The zero-order valence-electron chi connectivity index (χ0n) is 10.9. The SMILES string of the molecule is CC(CC(=O)O)N1C(=O)CCc2cc(CN)ccc21. The Morgan fingerprint density at radius 3 is 2.84 bits per heavy atom. The highest BCUT2D eigenvalue weighted by molar-refractivity contribution is 5.97. The van der Waals surface area contributed by atoms with Gasteiger partial charge in [-0.1, -0.05) is 12.1 Å². The molecular formula is C14H18N2O3. The Balaban J connectivity index is 2.35. The number of carbonyl (C=O) groups excluding carboxylic acids is 1. The predicted molar refractivity (Wildman–Crippen MR) is 71.9 cm³/mol. The molecule has 0 saturated heterocycles. The van der Waals surface area contributed by atoms with Crippen molar-refractivity contribution >= 4 is 17.6 Å². The Morgan fingerprint density at radius 1 is 1.47 bits per heavy atom. The van der Waals surface area contributed by atoms with E-state index in [0.717, 1.165) is 16.8 Å². The number of rotatable bonds is 4. The molecule has 1 aliphatic rings. The molecule has 5 nitrogen and oxygen atoms in total. The summed E-state index contributed by atoms with van der Waals surface area (Å²) in [5, 5.41) is 8.88. The second kappa shape index (κ2) is 5.40. The number of aliphatic carboxylic acids is 1. The average molecular weight is 262 g/mol. The summed E-state index contributed by atoms with van der Waals surface area (Å²) in [6.07, 6.45) is 1.06. The Labute approximate surface area is 112 Å². The van der Waals surface area contributed by atoms with Crippen LogP contribution in [0.1, 0.15) is 30.9 Å². The molecule has 0 aliphatic carbocycles. The van der Waals surface area contributed by atoms with Gasteiger partial charge in [0.1, 0.15) is 0 Å². The fraction of sp³-hybridized carbons (Fsp3) is 0.429. The van der Waals surface area contributed by atoms with Gasteiger partial charge in [-0.25, -0.2) is 0 Å². The highest BCUT2D eigenvalue weighted by Gasteiger charge is 2.29. The molecule has 2 rings (SSSR count). The summed E-state index contributed by atoms with van der Waals surface area (Å²) < 4.78 is 0. The van der Waals surface area contributed by atoms with Gasteiger partial charge in [0.25, 0.3) is 0 Å². The first-order valence-electron chi connectivity index (χ1n) is 6.38. The number of anilines is 1. The predicted octanol–water partition coefficient (Wildman–Crippen LogP) is 1.29. The summed E-state index contributed by atoms with van der Waals surface area (Å²) >= 11 is 0. The van der Waals surface area contributed by atoms with Crippen molar-refractivity contribution in [1.82, 2.24) is 0 Å². The van der Waals surface area contributed by atoms with E-state index < -0.39 is 5.97 Å². The van der Waals surface area contributed by atoms with Gasteiger partial charge in [-0.15, -0.1) is 0 Å². The highest BCUT2D eigenvalue weighted by Crippen LogP contribution is 2.31. The third kappa shape index (κ3) is 2.76. The van der Waals surface area contributed by atoms with Gasteiger partial charge in [0.15, 0.2) is 0 Å². The van der Waals surface area contributed by atoms with E-state index in [4.69, 9.17) is 10.8 Å². The van der Waals surface area contributed by atoms with E-state index in [2.05, 4.69) is 0 Å². The zero-order chi connectivity index (χ0) is 14.0. The number of carboxylic acid groups (broad SMARTS) is 1. The van der Waals surface area contributed by atoms with Crippen LogP contribution in [0.3, 0.4) is 0 Å². The summed E-state index contributed by atoms with van der Waals surface area (Å²) in [5.41, 5.74) is 8.53. The quantitative estimate of drug-likeness (QED) is 0.856. The number of aryl methyl sites for hydroxylation is 1. The number of carbonyl (C=O) groups is 2. The number of nitrogens with zero attached hydrogens (tertiary/aromatic N) is 1. The van der Waals surface area contributed by atoms with Gasteiger partial charge >= 0.3 is 5.97 Å². The summed E-state index contributed by atoms with van der Waals surface area (Å²) in [5.74, 6) is -0.909. The monoisotopic (exact) mass is 262 g/mol. The molecule has 0 saturated carbocycles.